The van der Waals surface area contributed by atoms with Gasteiger partial charge in [-0.25, -0.2) is 4.39 Å². The van der Waals surface area contributed by atoms with Crippen molar-refractivity contribution < 1.29 is 18.7 Å². The van der Waals surface area contributed by atoms with Crippen LogP contribution in [0.4, 0.5) is 10.1 Å². The van der Waals surface area contributed by atoms with Gasteiger partial charge in [-0.1, -0.05) is 12.1 Å². The lowest BCUT2D eigenvalue weighted by atomic mass is 10.2. The largest absolute Gasteiger partial charge is 0.432 e. The van der Waals surface area contributed by atoms with Crippen LogP contribution in [0.2, 0.25) is 0 Å². The van der Waals surface area contributed by atoms with Crippen molar-refractivity contribution >= 4 is 29.0 Å². The van der Waals surface area contributed by atoms with Gasteiger partial charge < -0.3 is 19.7 Å². The molecule has 1 amide bonds. The highest BCUT2D eigenvalue weighted by molar-refractivity contribution is 7.80. The number of anilines is 1. The molecule has 0 unspecified atom stereocenters. The predicted octanol–water partition coefficient (Wildman–Crippen LogP) is 3.07. The minimum absolute atomic E-state index is 0.140. The molecule has 2 aromatic rings. The van der Waals surface area contributed by atoms with Crippen LogP contribution in [0.5, 0.6) is 5.75 Å². The van der Waals surface area contributed by atoms with Crippen molar-refractivity contribution in [2.75, 3.05) is 31.6 Å². The van der Waals surface area contributed by atoms with Crippen LogP contribution in [-0.4, -0.2) is 42.3 Å². The molecule has 1 heterocycles. The maximum Gasteiger partial charge on any atom is 0.264 e. The average Bonchev–Trinajstić information content (AvgIpc) is 2.65. The minimum Gasteiger partial charge on any atom is -0.432 e. The summed E-state index contributed by atoms with van der Waals surface area (Å²) in [6.07, 6.45) is 0. The Labute approximate surface area is 150 Å². The van der Waals surface area contributed by atoms with E-state index in [0.717, 1.165) is 0 Å². The highest BCUT2D eigenvalue weighted by Crippen LogP contribution is 2.17. The first-order valence-electron chi connectivity index (χ1n) is 7.84. The van der Waals surface area contributed by atoms with Crippen molar-refractivity contribution in [1.82, 2.24) is 4.90 Å². The van der Waals surface area contributed by atoms with Gasteiger partial charge in [0.2, 0.25) is 0 Å². The minimum atomic E-state index is -0.480. The molecule has 2 aromatic carbocycles. The molecule has 3 rings (SSSR count). The molecular weight excluding hydrogens is 343 g/mol. The average molecular weight is 360 g/mol. The van der Waals surface area contributed by atoms with Gasteiger partial charge in [-0.15, -0.1) is 0 Å². The summed E-state index contributed by atoms with van der Waals surface area (Å²) in [6.45, 7) is 2.64. The van der Waals surface area contributed by atoms with Crippen LogP contribution in [0, 0.1) is 5.82 Å². The van der Waals surface area contributed by atoms with Gasteiger partial charge in [0.05, 0.1) is 18.9 Å². The van der Waals surface area contributed by atoms with Crippen LogP contribution in [0.15, 0.2) is 48.5 Å². The van der Waals surface area contributed by atoms with E-state index < -0.39 is 11.7 Å². The lowest BCUT2D eigenvalue weighted by molar-refractivity contribution is 0.0631. The first kappa shape index (κ1) is 17.3. The van der Waals surface area contributed by atoms with Crippen LogP contribution in [-0.2, 0) is 4.74 Å². The molecule has 0 radical (unpaired) electrons. The van der Waals surface area contributed by atoms with E-state index in [4.69, 9.17) is 21.7 Å². The topological polar surface area (TPSA) is 50.8 Å². The Morgan fingerprint density at radius 2 is 1.80 bits per heavy atom. The van der Waals surface area contributed by atoms with Gasteiger partial charge in [-0.3, -0.25) is 4.79 Å². The zero-order chi connectivity index (χ0) is 17.6. The summed E-state index contributed by atoms with van der Waals surface area (Å²) in [5.41, 5.74) is 0.536. The third-order valence-corrected chi connectivity index (χ3v) is 4.05. The third kappa shape index (κ3) is 4.52. The summed E-state index contributed by atoms with van der Waals surface area (Å²) < 4.78 is 24.5. The quantitative estimate of drug-likeness (QED) is 0.853. The van der Waals surface area contributed by atoms with Gasteiger partial charge in [0.15, 0.2) is 0 Å². The van der Waals surface area contributed by atoms with Gasteiger partial charge in [-0.05, 0) is 48.6 Å². The number of thiocarbonyl (C=S) groups is 1. The Morgan fingerprint density at radius 3 is 2.48 bits per heavy atom. The zero-order valence-corrected chi connectivity index (χ0v) is 14.2. The molecule has 0 spiro atoms. The smallest absolute Gasteiger partial charge is 0.264 e. The van der Waals surface area contributed by atoms with Gasteiger partial charge in [-0.2, -0.15) is 0 Å². The van der Waals surface area contributed by atoms with E-state index in [0.29, 0.717) is 42.8 Å². The van der Waals surface area contributed by atoms with E-state index in [9.17, 15) is 9.18 Å². The van der Waals surface area contributed by atoms with Crippen LogP contribution < -0.4 is 10.1 Å². The third-order valence-electron chi connectivity index (χ3n) is 3.71. The molecular formula is C18H17FN2O3S. The van der Waals surface area contributed by atoms with E-state index in [1.54, 1.807) is 36.4 Å². The summed E-state index contributed by atoms with van der Waals surface area (Å²) in [5.74, 6) is -0.335. The number of amides is 1. The Bertz CT molecular complexity index is 761. The second-order valence-electron chi connectivity index (χ2n) is 5.43. The molecule has 5 nitrogen and oxygen atoms in total. The van der Waals surface area contributed by atoms with E-state index in [2.05, 4.69) is 5.32 Å². The molecule has 0 atom stereocenters. The van der Waals surface area contributed by atoms with Crippen LogP contribution in [0.3, 0.4) is 0 Å². The highest BCUT2D eigenvalue weighted by atomic mass is 32.1. The predicted molar refractivity (Wildman–Crippen MR) is 96.4 cm³/mol. The molecule has 1 fully saturated rings. The molecule has 7 heteroatoms. The fourth-order valence-corrected chi connectivity index (χ4v) is 2.62. The number of morpholine rings is 1. The number of nitrogens with one attached hydrogen (secondary N) is 1. The molecule has 130 valence electrons. The van der Waals surface area contributed by atoms with E-state index >= 15 is 0 Å². The number of para-hydroxylation sites is 1. The second-order valence-corrected chi connectivity index (χ2v) is 5.77. The van der Waals surface area contributed by atoms with Crippen LogP contribution in [0.25, 0.3) is 0 Å². The molecule has 1 N–H and O–H groups in total. The summed E-state index contributed by atoms with van der Waals surface area (Å²) in [7, 11) is 0. The number of carbonyl (C=O) groups is 1. The Balaban J connectivity index is 1.60. The maximum absolute atomic E-state index is 13.6. The van der Waals surface area contributed by atoms with Gasteiger partial charge in [0, 0.05) is 18.7 Å². The van der Waals surface area contributed by atoms with E-state index in [1.807, 2.05) is 4.90 Å². The first-order valence-corrected chi connectivity index (χ1v) is 8.25. The summed E-state index contributed by atoms with van der Waals surface area (Å²) in [5, 5.41) is 2.92. The highest BCUT2D eigenvalue weighted by Gasteiger charge is 2.15. The Kier molecular flexibility index (Phi) is 5.57. The van der Waals surface area contributed by atoms with Crippen molar-refractivity contribution in [2.45, 2.75) is 0 Å². The Hall–Kier alpha value is -2.51. The van der Waals surface area contributed by atoms with Gasteiger partial charge in [0.1, 0.15) is 11.6 Å². The molecule has 1 aliphatic heterocycles. The molecule has 0 aliphatic carbocycles. The van der Waals surface area contributed by atoms with Crippen LogP contribution in [0.1, 0.15) is 10.4 Å². The number of benzene rings is 2. The molecule has 1 aliphatic rings. The number of carbonyl (C=O) groups excluding carboxylic acids is 1. The summed E-state index contributed by atoms with van der Waals surface area (Å²) in [6, 6.07) is 12.5. The van der Waals surface area contributed by atoms with Gasteiger partial charge >= 0.3 is 0 Å². The number of rotatable bonds is 3. The van der Waals surface area contributed by atoms with Crippen LogP contribution >= 0.6 is 12.2 Å². The van der Waals surface area contributed by atoms with E-state index in [1.165, 1.54) is 12.1 Å². The summed E-state index contributed by atoms with van der Waals surface area (Å²) >= 11 is 5.27. The number of halogens is 1. The fraction of sp³-hybridized carbons (Fsp3) is 0.222. The Morgan fingerprint density at radius 1 is 1.12 bits per heavy atom. The van der Waals surface area contributed by atoms with Crippen molar-refractivity contribution in [3.05, 3.63) is 59.9 Å². The molecule has 25 heavy (non-hydrogen) atoms. The first-order chi connectivity index (χ1) is 12.1. The van der Waals surface area contributed by atoms with Crippen molar-refractivity contribution in [3.63, 3.8) is 0 Å². The number of nitrogens with zero attached hydrogens (tertiary/aromatic N) is 1. The molecule has 1 saturated heterocycles. The molecule has 0 aromatic heterocycles. The van der Waals surface area contributed by atoms with Gasteiger partial charge in [0.25, 0.3) is 11.1 Å². The number of ether oxygens (including phenoxy) is 2. The number of hydrogen-bond donors (Lipinski definition) is 1. The zero-order valence-electron chi connectivity index (χ0n) is 13.4. The van der Waals surface area contributed by atoms with Crippen molar-refractivity contribution in [1.29, 1.82) is 0 Å². The second kappa shape index (κ2) is 8.04. The lowest BCUT2D eigenvalue weighted by Crippen LogP contribution is -2.42. The fourth-order valence-electron chi connectivity index (χ4n) is 2.34. The van der Waals surface area contributed by atoms with Crippen molar-refractivity contribution in [2.24, 2.45) is 0 Å². The standard InChI is InChI=1S/C18H17FN2O3S/c19-15-3-1-2-4-16(15)20-17(22)13-5-7-14(8-6-13)24-18(25)21-9-11-23-12-10-21/h1-8H,9-12H2,(H,20,22). The molecule has 0 saturated carbocycles. The molecule has 0 bridgehead atoms. The monoisotopic (exact) mass is 360 g/mol. The number of hydrogen-bond acceptors (Lipinski definition) is 4. The van der Waals surface area contributed by atoms with E-state index in [-0.39, 0.29) is 5.69 Å². The maximum atomic E-state index is 13.6. The summed E-state index contributed by atoms with van der Waals surface area (Å²) in [4.78, 5) is 14.1. The normalized spacial score (nSPS) is 14.0. The van der Waals surface area contributed by atoms with Crippen molar-refractivity contribution in [3.8, 4) is 5.75 Å². The SMILES string of the molecule is O=C(Nc1ccccc1F)c1ccc(OC(=S)N2CCOCC2)cc1. The lowest BCUT2D eigenvalue weighted by Gasteiger charge is -2.28.